The van der Waals surface area contributed by atoms with Crippen LogP contribution in [0, 0.1) is 12.8 Å². The van der Waals surface area contributed by atoms with E-state index in [1.165, 1.54) is 0 Å². The van der Waals surface area contributed by atoms with E-state index in [0.717, 1.165) is 19.3 Å². The van der Waals surface area contributed by atoms with Gasteiger partial charge in [-0.15, -0.1) is 11.6 Å². The summed E-state index contributed by atoms with van der Waals surface area (Å²) >= 11 is 5.90. The molecule has 0 bridgehead atoms. The first-order valence-electron chi connectivity index (χ1n) is 3.67. The molecule has 2 unspecified atom stereocenters. The van der Waals surface area contributed by atoms with Gasteiger partial charge in [-0.3, -0.25) is 0 Å². The lowest BCUT2D eigenvalue weighted by Crippen LogP contribution is -2.03. The normalized spacial score (nSPS) is 17.3. The summed E-state index contributed by atoms with van der Waals surface area (Å²) in [6.45, 7) is 8.22. The summed E-state index contributed by atoms with van der Waals surface area (Å²) in [5.41, 5.74) is 0. The molecule has 0 aromatic carbocycles. The summed E-state index contributed by atoms with van der Waals surface area (Å²) in [7, 11) is 0. The van der Waals surface area contributed by atoms with Gasteiger partial charge in [-0.05, 0) is 18.8 Å². The zero-order chi connectivity index (χ0) is 7.28. The lowest BCUT2D eigenvalue weighted by Gasteiger charge is -2.10. The Labute approximate surface area is 63.6 Å². The van der Waals surface area contributed by atoms with Gasteiger partial charge in [-0.2, -0.15) is 0 Å². The molecule has 55 valence electrons. The second-order valence-electron chi connectivity index (χ2n) is 2.52. The molecule has 0 fully saturated rings. The van der Waals surface area contributed by atoms with Crippen molar-refractivity contribution < 1.29 is 0 Å². The lowest BCUT2D eigenvalue weighted by atomic mass is 10.0. The average molecular weight is 148 g/mol. The number of rotatable bonds is 4. The summed E-state index contributed by atoms with van der Waals surface area (Å²) in [5, 5.41) is 0.340. The van der Waals surface area contributed by atoms with Crippen molar-refractivity contribution >= 4 is 11.6 Å². The molecule has 9 heavy (non-hydrogen) atoms. The van der Waals surface area contributed by atoms with Crippen LogP contribution in [0.2, 0.25) is 0 Å². The Bertz CT molecular complexity index is 53.6. The number of hydrogen-bond donors (Lipinski definition) is 0. The van der Waals surface area contributed by atoms with E-state index < -0.39 is 0 Å². The molecule has 0 aliphatic carbocycles. The molecule has 0 saturated heterocycles. The van der Waals surface area contributed by atoms with E-state index in [1.54, 1.807) is 0 Å². The van der Waals surface area contributed by atoms with E-state index in [9.17, 15) is 0 Å². The molecule has 1 radical (unpaired) electrons. The monoisotopic (exact) mass is 147 g/mol. The summed E-state index contributed by atoms with van der Waals surface area (Å²) in [5.74, 6) is 0.549. The highest BCUT2D eigenvalue weighted by Crippen LogP contribution is 2.15. The Hall–Kier alpha value is 0.290. The third-order valence-electron chi connectivity index (χ3n) is 1.61. The van der Waals surface area contributed by atoms with Gasteiger partial charge in [0.05, 0.1) is 0 Å². The van der Waals surface area contributed by atoms with Crippen LogP contribution in [0.1, 0.15) is 33.1 Å². The highest BCUT2D eigenvalue weighted by molar-refractivity contribution is 6.20. The molecule has 0 rings (SSSR count). The average Bonchev–Trinajstić information content (AvgIpc) is 1.87. The quantitative estimate of drug-likeness (QED) is 0.536. The molecule has 0 amide bonds. The Balaban J connectivity index is 3.22. The first kappa shape index (κ1) is 9.29. The van der Waals surface area contributed by atoms with E-state index in [-0.39, 0.29) is 0 Å². The van der Waals surface area contributed by atoms with Crippen molar-refractivity contribution in [1.82, 2.24) is 0 Å². The van der Waals surface area contributed by atoms with Gasteiger partial charge in [0.25, 0.3) is 0 Å². The van der Waals surface area contributed by atoms with Crippen LogP contribution in [0.5, 0.6) is 0 Å². The van der Waals surface area contributed by atoms with Gasteiger partial charge in [-0.25, -0.2) is 0 Å². The Morgan fingerprint density at radius 3 is 2.22 bits per heavy atom. The van der Waals surface area contributed by atoms with Crippen molar-refractivity contribution in [2.45, 2.75) is 38.5 Å². The van der Waals surface area contributed by atoms with Crippen molar-refractivity contribution in [2.24, 2.45) is 5.92 Å². The summed E-state index contributed by atoms with van der Waals surface area (Å²) in [6, 6.07) is 0. The third kappa shape index (κ3) is 4.77. The molecule has 0 aliphatic rings. The van der Waals surface area contributed by atoms with E-state index >= 15 is 0 Å². The molecule has 0 aliphatic heterocycles. The fourth-order valence-electron chi connectivity index (χ4n) is 0.695. The fourth-order valence-corrected chi connectivity index (χ4v) is 0.947. The van der Waals surface area contributed by atoms with E-state index in [0.29, 0.717) is 11.3 Å². The molecule has 0 spiro atoms. The van der Waals surface area contributed by atoms with Crippen LogP contribution in [0.3, 0.4) is 0 Å². The SMILES string of the molecule is [CH2]C(CC)CC(Cl)CC. The van der Waals surface area contributed by atoms with Crippen molar-refractivity contribution in [3.8, 4) is 0 Å². The predicted octanol–water partition coefficient (Wildman–Crippen LogP) is 3.25. The topological polar surface area (TPSA) is 0 Å². The molecule has 0 saturated carbocycles. The number of alkyl halides is 1. The molecule has 1 heteroatoms. The minimum absolute atomic E-state index is 0.340. The summed E-state index contributed by atoms with van der Waals surface area (Å²) < 4.78 is 0. The standard InChI is InChI=1S/C8H16Cl/c1-4-7(3)6-8(9)5-2/h7-8H,3-6H2,1-2H3. The molecule has 0 nitrogen and oxygen atoms in total. The van der Waals surface area contributed by atoms with Crippen molar-refractivity contribution in [2.75, 3.05) is 0 Å². The minimum Gasteiger partial charge on any atom is -0.123 e. The maximum atomic E-state index is 5.90. The van der Waals surface area contributed by atoms with Crippen LogP contribution in [-0.2, 0) is 0 Å². The Kier molecular flexibility index (Phi) is 5.27. The lowest BCUT2D eigenvalue weighted by molar-refractivity contribution is 0.542. The van der Waals surface area contributed by atoms with Crippen LogP contribution >= 0.6 is 11.6 Å². The van der Waals surface area contributed by atoms with Crippen LogP contribution in [0.15, 0.2) is 0 Å². The number of hydrogen-bond acceptors (Lipinski definition) is 0. The molecule has 0 heterocycles. The largest absolute Gasteiger partial charge is 0.123 e. The van der Waals surface area contributed by atoms with Crippen LogP contribution in [-0.4, -0.2) is 5.38 Å². The molecule has 2 atom stereocenters. The van der Waals surface area contributed by atoms with Crippen LogP contribution in [0.25, 0.3) is 0 Å². The Morgan fingerprint density at radius 1 is 1.33 bits per heavy atom. The number of halogens is 1. The molecule has 0 aromatic heterocycles. The van der Waals surface area contributed by atoms with E-state index in [4.69, 9.17) is 11.6 Å². The van der Waals surface area contributed by atoms with Gasteiger partial charge >= 0.3 is 0 Å². The van der Waals surface area contributed by atoms with Gasteiger partial charge in [0.1, 0.15) is 0 Å². The van der Waals surface area contributed by atoms with Crippen LogP contribution in [0.4, 0.5) is 0 Å². The van der Waals surface area contributed by atoms with Gasteiger partial charge in [0.15, 0.2) is 0 Å². The predicted molar refractivity (Wildman–Crippen MR) is 43.7 cm³/mol. The van der Waals surface area contributed by atoms with Crippen molar-refractivity contribution in [3.05, 3.63) is 6.92 Å². The molecule has 0 N–H and O–H groups in total. The Morgan fingerprint density at radius 2 is 1.89 bits per heavy atom. The first-order valence-corrected chi connectivity index (χ1v) is 4.11. The van der Waals surface area contributed by atoms with E-state index in [2.05, 4.69) is 20.8 Å². The van der Waals surface area contributed by atoms with Crippen LogP contribution < -0.4 is 0 Å². The zero-order valence-corrected chi connectivity index (χ0v) is 7.12. The van der Waals surface area contributed by atoms with Gasteiger partial charge < -0.3 is 0 Å². The maximum Gasteiger partial charge on any atom is 0.0336 e. The smallest absolute Gasteiger partial charge is 0.0336 e. The zero-order valence-electron chi connectivity index (χ0n) is 6.36. The highest BCUT2D eigenvalue weighted by atomic mass is 35.5. The van der Waals surface area contributed by atoms with Crippen molar-refractivity contribution in [1.29, 1.82) is 0 Å². The molecular weight excluding hydrogens is 132 g/mol. The van der Waals surface area contributed by atoms with Gasteiger partial charge in [0.2, 0.25) is 0 Å². The second kappa shape index (κ2) is 5.10. The van der Waals surface area contributed by atoms with E-state index in [1.807, 2.05) is 0 Å². The fraction of sp³-hybridized carbons (Fsp3) is 0.875. The van der Waals surface area contributed by atoms with Gasteiger partial charge in [0, 0.05) is 5.38 Å². The molecule has 0 aromatic rings. The first-order chi connectivity index (χ1) is 4.20. The highest BCUT2D eigenvalue weighted by Gasteiger charge is 2.05. The van der Waals surface area contributed by atoms with Crippen molar-refractivity contribution in [3.63, 3.8) is 0 Å². The minimum atomic E-state index is 0.340. The second-order valence-corrected chi connectivity index (χ2v) is 3.13. The molecular formula is C8H16Cl. The maximum absolute atomic E-state index is 5.90. The van der Waals surface area contributed by atoms with Gasteiger partial charge in [-0.1, -0.05) is 27.2 Å². The summed E-state index contributed by atoms with van der Waals surface area (Å²) in [4.78, 5) is 0. The summed E-state index contributed by atoms with van der Waals surface area (Å²) in [6.07, 6.45) is 3.27. The third-order valence-corrected chi connectivity index (χ3v) is 2.10.